The third-order valence-corrected chi connectivity index (χ3v) is 9.75. The van der Waals surface area contributed by atoms with Crippen LogP contribution in [0.3, 0.4) is 0 Å². The molecule has 0 amide bonds. The van der Waals surface area contributed by atoms with Gasteiger partial charge in [-0.2, -0.15) is 0 Å². The fraction of sp³-hybridized carbons (Fsp3) is 0.718. The van der Waals surface area contributed by atoms with Crippen molar-refractivity contribution in [2.24, 2.45) is 17.8 Å². The zero-order valence-corrected chi connectivity index (χ0v) is 30.3. The second-order valence-corrected chi connectivity index (χ2v) is 15.0. The first-order valence-electron chi connectivity index (χ1n) is 18.5. The molecule has 49 heavy (non-hydrogen) atoms. The van der Waals surface area contributed by atoms with Gasteiger partial charge in [0.2, 0.25) is 0 Å². The van der Waals surface area contributed by atoms with Crippen LogP contribution >= 0.6 is 0 Å². The molecule has 0 spiro atoms. The van der Waals surface area contributed by atoms with Crippen molar-refractivity contribution in [1.29, 1.82) is 0 Å². The van der Waals surface area contributed by atoms with Gasteiger partial charge >= 0.3 is 17.9 Å². The minimum absolute atomic E-state index is 0.0484. The maximum atomic E-state index is 12.5. The molecule has 3 N–H and O–H groups in total. The highest BCUT2D eigenvalue weighted by Gasteiger charge is 2.41. The molecule has 10 heteroatoms. The normalized spacial score (nSPS) is 20.7. The van der Waals surface area contributed by atoms with E-state index in [1.165, 1.54) is 44.9 Å². The molecule has 0 aliphatic carbocycles. The number of ether oxygens (including phenoxy) is 4. The largest absolute Gasteiger partial charge is 0.505 e. The number of hydrogen-bond acceptors (Lipinski definition) is 10. The molecule has 3 rings (SSSR count). The SMILES string of the molecule is CC(C)CCC[C@@H](C)CCC[C@@H](C)CCC[C@]1(C)CCc2cc(OC(=O)CCCCCC(=O)OC3=C(O)[C@@H](C(O)CO)OC3=O)ccc2O1. The van der Waals surface area contributed by atoms with E-state index < -0.39 is 42.3 Å². The smallest absolute Gasteiger partial charge is 0.378 e. The highest BCUT2D eigenvalue weighted by molar-refractivity contribution is 5.92. The van der Waals surface area contributed by atoms with Crippen molar-refractivity contribution in [3.05, 3.63) is 35.3 Å². The van der Waals surface area contributed by atoms with Crippen LogP contribution in [0.2, 0.25) is 0 Å². The summed E-state index contributed by atoms with van der Waals surface area (Å²) in [5.74, 6) is 0.0832. The van der Waals surface area contributed by atoms with Gasteiger partial charge in [-0.15, -0.1) is 0 Å². The summed E-state index contributed by atoms with van der Waals surface area (Å²) in [6.07, 6.45) is 11.8. The number of aryl methyl sites for hydroxylation is 1. The predicted octanol–water partition coefficient (Wildman–Crippen LogP) is 7.66. The Morgan fingerprint density at radius 3 is 2.14 bits per heavy atom. The van der Waals surface area contributed by atoms with E-state index in [2.05, 4.69) is 34.6 Å². The number of esters is 3. The third-order valence-electron chi connectivity index (χ3n) is 9.75. The second kappa shape index (κ2) is 19.9. The van der Waals surface area contributed by atoms with Gasteiger partial charge in [0.25, 0.3) is 5.76 Å². The van der Waals surface area contributed by atoms with Crippen LogP contribution in [-0.4, -0.2) is 57.6 Å². The van der Waals surface area contributed by atoms with Crippen LogP contribution in [0, 0.1) is 17.8 Å². The van der Waals surface area contributed by atoms with Crippen molar-refractivity contribution in [3.63, 3.8) is 0 Å². The molecule has 2 aliphatic rings. The molecule has 5 atom stereocenters. The van der Waals surface area contributed by atoms with Crippen LogP contribution in [0.25, 0.3) is 0 Å². The van der Waals surface area contributed by atoms with E-state index in [-0.39, 0.29) is 24.4 Å². The van der Waals surface area contributed by atoms with Gasteiger partial charge in [-0.3, -0.25) is 9.59 Å². The fourth-order valence-corrected chi connectivity index (χ4v) is 6.58. The Morgan fingerprint density at radius 2 is 1.51 bits per heavy atom. The Hall–Kier alpha value is -3.11. The van der Waals surface area contributed by atoms with Crippen LogP contribution in [0.1, 0.15) is 136 Å². The summed E-state index contributed by atoms with van der Waals surface area (Å²) < 4.78 is 21.7. The van der Waals surface area contributed by atoms with Gasteiger partial charge in [0.15, 0.2) is 11.9 Å². The maximum Gasteiger partial charge on any atom is 0.378 e. The van der Waals surface area contributed by atoms with E-state index in [0.717, 1.165) is 54.7 Å². The van der Waals surface area contributed by atoms with Gasteiger partial charge < -0.3 is 34.3 Å². The number of rotatable bonds is 22. The molecule has 1 aromatic carbocycles. The van der Waals surface area contributed by atoms with Crippen molar-refractivity contribution in [2.75, 3.05) is 6.61 Å². The van der Waals surface area contributed by atoms with E-state index in [1.807, 2.05) is 12.1 Å². The summed E-state index contributed by atoms with van der Waals surface area (Å²) in [4.78, 5) is 36.4. The molecule has 0 radical (unpaired) electrons. The van der Waals surface area contributed by atoms with Gasteiger partial charge in [0.05, 0.1) is 6.61 Å². The van der Waals surface area contributed by atoms with Gasteiger partial charge in [-0.1, -0.05) is 79.1 Å². The number of carbonyl (C=O) groups excluding carboxylic acids is 3. The Morgan fingerprint density at radius 1 is 0.898 bits per heavy atom. The fourth-order valence-electron chi connectivity index (χ4n) is 6.58. The van der Waals surface area contributed by atoms with Crippen molar-refractivity contribution in [1.82, 2.24) is 0 Å². The van der Waals surface area contributed by atoms with Gasteiger partial charge in [0.1, 0.15) is 23.2 Å². The van der Waals surface area contributed by atoms with E-state index in [4.69, 9.17) is 24.1 Å². The Bertz CT molecular complexity index is 1260. The average Bonchev–Trinajstić information content (AvgIpc) is 3.32. The number of fused-ring (bicyclic) bond motifs is 1. The molecular formula is C39H60O10. The van der Waals surface area contributed by atoms with Crippen LogP contribution in [0.4, 0.5) is 0 Å². The van der Waals surface area contributed by atoms with Crippen LogP contribution in [0.5, 0.6) is 11.5 Å². The first kappa shape index (κ1) is 40.3. The molecule has 0 fully saturated rings. The Labute approximate surface area is 292 Å². The average molecular weight is 689 g/mol. The lowest BCUT2D eigenvalue weighted by molar-refractivity contribution is -0.153. The first-order chi connectivity index (χ1) is 23.3. The van der Waals surface area contributed by atoms with Crippen LogP contribution in [0.15, 0.2) is 29.7 Å². The predicted molar refractivity (Wildman–Crippen MR) is 186 cm³/mol. The summed E-state index contributed by atoms with van der Waals surface area (Å²) in [7, 11) is 0. The van der Waals surface area contributed by atoms with Gasteiger partial charge in [-0.05, 0) is 87.0 Å². The van der Waals surface area contributed by atoms with Gasteiger partial charge in [-0.25, -0.2) is 4.79 Å². The monoisotopic (exact) mass is 688 g/mol. The summed E-state index contributed by atoms with van der Waals surface area (Å²) in [6.45, 7) is 10.9. The minimum Gasteiger partial charge on any atom is -0.505 e. The van der Waals surface area contributed by atoms with Crippen LogP contribution in [-0.2, 0) is 30.3 Å². The minimum atomic E-state index is -1.53. The van der Waals surface area contributed by atoms with Crippen molar-refractivity contribution in [2.45, 2.75) is 155 Å². The number of unbranched alkanes of at least 4 members (excludes halogenated alkanes) is 2. The summed E-state index contributed by atoms with van der Waals surface area (Å²) in [5, 5.41) is 28.6. The lowest BCUT2D eigenvalue weighted by atomic mass is 9.86. The van der Waals surface area contributed by atoms with Gasteiger partial charge in [0, 0.05) is 12.8 Å². The number of carbonyl (C=O) groups is 3. The Balaban J connectivity index is 1.30. The molecule has 276 valence electrons. The second-order valence-electron chi connectivity index (χ2n) is 15.0. The molecule has 2 heterocycles. The van der Waals surface area contributed by atoms with E-state index >= 15 is 0 Å². The van der Waals surface area contributed by atoms with Crippen molar-refractivity contribution >= 4 is 17.9 Å². The topological polar surface area (TPSA) is 149 Å². The maximum absolute atomic E-state index is 12.5. The number of aliphatic hydroxyl groups excluding tert-OH is 3. The molecule has 10 nitrogen and oxygen atoms in total. The lowest BCUT2D eigenvalue weighted by Crippen LogP contribution is -2.36. The number of benzene rings is 1. The summed E-state index contributed by atoms with van der Waals surface area (Å²) in [5.41, 5.74) is 0.854. The summed E-state index contributed by atoms with van der Waals surface area (Å²) >= 11 is 0. The van der Waals surface area contributed by atoms with Crippen molar-refractivity contribution < 1.29 is 48.7 Å². The molecule has 0 aromatic heterocycles. The third kappa shape index (κ3) is 13.6. The zero-order valence-electron chi connectivity index (χ0n) is 30.3. The van der Waals surface area contributed by atoms with Crippen molar-refractivity contribution in [3.8, 4) is 11.5 Å². The number of hydrogen-bond donors (Lipinski definition) is 3. The number of cyclic esters (lactones) is 1. The Kier molecular flexibility index (Phi) is 16.4. The van der Waals surface area contributed by atoms with E-state index in [0.29, 0.717) is 25.0 Å². The molecule has 0 saturated heterocycles. The van der Waals surface area contributed by atoms with Crippen LogP contribution < -0.4 is 9.47 Å². The number of aliphatic hydroxyl groups is 3. The zero-order chi connectivity index (χ0) is 36.0. The molecule has 1 aromatic rings. The molecule has 0 saturated carbocycles. The summed E-state index contributed by atoms with van der Waals surface area (Å²) in [6, 6.07) is 5.55. The van der Waals surface area contributed by atoms with E-state index in [9.17, 15) is 24.6 Å². The highest BCUT2D eigenvalue weighted by Crippen LogP contribution is 2.38. The lowest BCUT2D eigenvalue weighted by Gasteiger charge is -2.36. The molecule has 0 bridgehead atoms. The molecular weight excluding hydrogens is 628 g/mol. The first-order valence-corrected chi connectivity index (χ1v) is 18.5. The standard InChI is InChI=1S/C39H60O10/c1-26(2)12-9-13-27(3)14-10-15-28(4)16-11-22-39(5)23-21-29-24-30(19-20-32(29)49-39)46-33(42)17-7-6-8-18-34(43)47-37-35(44)36(31(41)25-40)48-38(37)45/h19-20,24,26-28,31,36,40-41,44H,6-18,21-23,25H2,1-5H3/t27-,28-,31?,36-,39-/m1/s1. The molecule has 1 unspecified atom stereocenters. The highest BCUT2D eigenvalue weighted by atomic mass is 16.6. The quantitative estimate of drug-likeness (QED) is 0.0630. The molecule has 2 aliphatic heterocycles. The van der Waals surface area contributed by atoms with E-state index in [1.54, 1.807) is 6.07 Å².